The fourth-order valence-corrected chi connectivity index (χ4v) is 3.07. The SMILES string of the molecule is O=C(NC1(CBr)CCCC1)c1cccc(O)c1O. The van der Waals surface area contributed by atoms with E-state index in [0.717, 1.165) is 25.7 Å². The summed E-state index contributed by atoms with van der Waals surface area (Å²) in [6.45, 7) is 0. The Bertz CT molecular complexity index is 456. The van der Waals surface area contributed by atoms with Crippen LogP contribution in [0.4, 0.5) is 0 Å². The number of hydrogen-bond acceptors (Lipinski definition) is 3. The van der Waals surface area contributed by atoms with Gasteiger partial charge in [-0.1, -0.05) is 34.8 Å². The second kappa shape index (κ2) is 5.18. The summed E-state index contributed by atoms with van der Waals surface area (Å²) in [6, 6.07) is 4.39. The first-order chi connectivity index (χ1) is 8.58. The number of phenols is 2. The van der Waals surface area contributed by atoms with E-state index in [9.17, 15) is 15.0 Å². The largest absolute Gasteiger partial charge is 0.504 e. The molecular formula is C13H16BrNO3. The lowest BCUT2D eigenvalue weighted by molar-refractivity contribution is 0.0907. The van der Waals surface area contributed by atoms with Gasteiger partial charge >= 0.3 is 0 Å². The topological polar surface area (TPSA) is 69.6 Å². The third-order valence-electron chi connectivity index (χ3n) is 3.45. The van der Waals surface area contributed by atoms with E-state index < -0.39 is 0 Å². The Morgan fingerprint density at radius 3 is 2.61 bits per heavy atom. The molecule has 1 aromatic carbocycles. The van der Waals surface area contributed by atoms with Crippen LogP contribution in [0.2, 0.25) is 0 Å². The molecule has 4 nitrogen and oxygen atoms in total. The molecule has 0 unspecified atom stereocenters. The van der Waals surface area contributed by atoms with Gasteiger partial charge in [0.15, 0.2) is 11.5 Å². The van der Waals surface area contributed by atoms with Gasteiger partial charge in [-0.15, -0.1) is 0 Å². The van der Waals surface area contributed by atoms with Gasteiger partial charge in [0.25, 0.3) is 5.91 Å². The average Bonchev–Trinajstić information content (AvgIpc) is 2.81. The van der Waals surface area contributed by atoms with Crippen LogP contribution >= 0.6 is 15.9 Å². The van der Waals surface area contributed by atoms with Crippen molar-refractivity contribution in [2.75, 3.05) is 5.33 Å². The maximum absolute atomic E-state index is 12.1. The van der Waals surface area contributed by atoms with Crippen molar-refractivity contribution in [1.29, 1.82) is 0 Å². The van der Waals surface area contributed by atoms with E-state index in [-0.39, 0.29) is 28.5 Å². The Hall–Kier alpha value is -1.23. The van der Waals surface area contributed by atoms with Gasteiger partial charge in [0.05, 0.1) is 11.1 Å². The number of nitrogens with one attached hydrogen (secondary N) is 1. The van der Waals surface area contributed by atoms with Crippen molar-refractivity contribution in [3.63, 3.8) is 0 Å². The molecule has 0 aromatic heterocycles. The Morgan fingerprint density at radius 2 is 2.00 bits per heavy atom. The van der Waals surface area contributed by atoms with E-state index in [2.05, 4.69) is 21.2 Å². The molecule has 18 heavy (non-hydrogen) atoms. The lowest BCUT2D eigenvalue weighted by atomic mass is 9.99. The molecule has 1 aliphatic carbocycles. The maximum atomic E-state index is 12.1. The molecule has 2 rings (SSSR count). The van der Waals surface area contributed by atoms with Crippen LogP contribution in [0, 0.1) is 0 Å². The number of halogens is 1. The van der Waals surface area contributed by atoms with Crippen LogP contribution in [0.5, 0.6) is 11.5 Å². The molecule has 1 amide bonds. The Kier molecular flexibility index (Phi) is 3.80. The van der Waals surface area contributed by atoms with Gasteiger partial charge in [0.2, 0.25) is 0 Å². The van der Waals surface area contributed by atoms with Gasteiger partial charge in [-0.3, -0.25) is 4.79 Å². The van der Waals surface area contributed by atoms with Crippen LogP contribution in [0.25, 0.3) is 0 Å². The lowest BCUT2D eigenvalue weighted by Gasteiger charge is -2.28. The minimum Gasteiger partial charge on any atom is -0.504 e. The van der Waals surface area contributed by atoms with Crippen LogP contribution in [-0.2, 0) is 0 Å². The molecule has 3 N–H and O–H groups in total. The monoisotopic (exact) mass is 313 g/mol. The zero-order valence-electron chi connectivity index (χ0n) is 9.95. The lowest BCUT2D eigenvalue weighted by Crippen LogP contribution is -2.47. The van der Waals surface area contributed by atoms with Crippen molar-refractivity contribution in [3.05, 3.63) is 23.8 Å². The maximum Gasteiger partial charge on any atom is 0.255 e. The third kappa shape index (κ3) is 2.46. The molecule has 1 fully saturated rings. The van der Waals surface area contributed by atoms with Crippen molar-refractivity contribution in [2.24, 2.45) is 0 Å². The summed E-state index contributed by atoms with van der Waals surface area (Å²) in [6.07, 6.45) is 4.06. The molecule has 0 heterocycles. The Morgan fingerprint density at radius 1 is 1.33 bits per heavy atom. The van der Waals surface area contributed by atoms with Crippen LogP contribution in [-0.4, -0.2) is 27.0 Å². The highest BCUT2D eigenvalue weighted by Gasteiger charge is 2.34. The van der Waals surface area contributed by atoms with E-state index in [1.54, 1.807) is 6.07 Å². The molecule has 1 aromatic rings. The number of aromatic hydroxyl groups is 2. The predicted molar refractivity (Wildman–Crippen MR) is 72.2 cm³/mol. The van der Waals surface area contributed by atoms with Crippen molar-refractivity contribution in [3.8, 4) is 11.5 Å². The summed E-state index contributed by atoms with van der Waals surface area (Å²) in [5, 5.41) is 22.7. The first-order valence-electron chi connectivity index (χ1n) is 5.97. The van der Waals surface area contributed by atoms with E-state index in [4.69, 9.17) is 0 Å². The fourth-order valence-electron chi connectivity index (χ4n) is 2.37. The average molecular weight is 314 g/mol. The number of benzene rings is 1. The van der Waals surface area contributed by atoms with E-state index in [1.165, 1.54) is 12.1 Å². The molecule has 0 radical (unpaired) electrons. The number of hydrogen-bond donors (Lipinski definition) is 3. The molecule has 0 aliphatic heterocycles. The molecule has 1 aliphatic rings. The number of carbonyl (C=O) groups excluding carboxylic acids is 1. The standard InChI is InChI=1S/C13H16BrNO3/c14-8-13(6-1-2-7-13)15-12(18)9-4-3-5-10(16)11(9)17/h3-5,16-17H,1-2,6-8H2,(H,15,18). The third-order valence-corrected chi connectivity index (χ3v) is 4.53. The number of amides is 1. The van der Waals surface area contributed by atoms with Gasteiger partial charge in [-0.05, 0) is 25.0 Å². The molecule has 0 spiro atoms. The molecule has 5 heteroatoms. The van der Waals surface area contributed by atoms with Gasteiger partial charge < -0.3 is 15.5 Å². The second-order valence-corrected chi connectivity index (χ2v) is 5.31. The number of rotatable bonds is 3. The van der Waals surface area contributed by atoms with Crippen LogP contribution in [0.15, 0.2) is 18.2 Å². The summed E-state index contributed by atoms with van der Waals surface area (Å²) in [7, 11) is 0. The molecule has 0 bridgehead atoms. The van der Waals surface area contributed by atoms with E-state index in [1.807, 2.05) is 0 Å². The van der Waals surface area contributed by atoms with Crippen molar-refractivity contribution < 1.29 is 15.0 Å². The first kappa shape index (κ1) is 13.2. The van der Waals surface area contributed by atoms with Gasteiger partial charge in [-0.2, -0.15) is 0 Å². The van der Waals surface area contributed by atoms with Gasteiger partial charge in [-0.25, -0.2) is 0 Å². The fraction of sp³-hybridized carbons (Fsp3) is 0.462. The number of para-hydroxylation sites is 1. The van der Waals surface area contributed by atoms with Crippen molar-refractivity contribution >= 4 is 21.8 Å². The molecule has 1 saturated carbocycles. The van der Waals surface area contributed by atoms with Crippen molar-refractivity contribution in [1.82, 2.24) is 5.32 Å². The summed E-state index contributed by atoms with van der Waals surface area (Å²) < 4.78 is 0. The highest BCUT2D eigenvalue weighted by Crippen LogP contribution is 2.33. The smallest absolute Gasteiger partial charge is 0.255 e. The van der Waals surface area contributed by atoms with E-state index >= 15 is 0 Å². The summed E-state index contributed by atoms with van der Waals surface area (Å²) >= 11 is 3.44. The first-order valence-corrected chi connectivity index (χ1v) is 7.09. The quantitative estimate of drug-likeness (QED) is 0.593. The molecule has 98 valence electrons. The summed E-state index contributed by atoms with van der Waals surface area (Å²) in [4.78, 5) is 12.1. The Balaban J connectivity index is 2.19. The molecule has 0 atom stereocenters. The van der Waals surface area contributed by atoms with Crippen LogP contribution < -0.4 is 5.32 Å². The zero-order valence-corrected chi connectivity index (χ0v) is 11.5. The highest BCUT2D eigenvalue weighted by atomic mass is 79.9. The molecule has 0 saturated heterocycles. The van der Waals surface area contributed by atoms with Crippen LogP contribution in [0.1, 0.15) is 36.0 Å². The van der Waals surface area contributed by atoms with Crippen molar-refractivity contribution in [2.45, 2.75) is 31.2 Å². The number of carbonyl (C=O) groups is 1. The Labute approximate surface area is 114 Å². The zero-order chi connectivity index (χ0) is 13.2. The predicted octanol–water partition coefficient (Wildman–Crippen LogP) is 2.54. The van der Waals surface area contributed by atoms with E-state index in [0.29, 0.717) is 5.33 Å². The number of phenolic OH excluding ortho intramolecular Hbond substituents is 2. The van der Waals surface area contributed by atoms with Crippen LogP contribution in [0.3, 0.4) is 0 Å². The highest BCUT2D eigenvalue weighted by molar-refractivity contribution is 9.09. The van der Waals surface area contributed by atoms with Gasteiger partial charge in [0, 0.05) is 5.33 Å². The summed E-state index contributed by atoms with van der Waals surface area (Å²) in [5.41, 5.74) is -0.114. The minimum atomic E-state index is -0.363. The summed E-state index contributed by atoms with van der Waals surface area (Å²) in [5.74, 6) is -0.982. The minimum absolute atomic E-state index is 0.113. The second-order valence-electron chi connectivity index (χ2n) is 4.75. The number of alkyl halides is 1. The normalized spacial score (nSPS) is 17.6. The van der Waals surface area contributed by atoms with Gasteiger partial charge in [0.1, 0.15) is 0 Å². The molecular weight excluding hydrogens is 298 g/mol.